The summed E-state index contributed by atoms with van der Waals surface area (Å²) in [7, 11) is 0. The number of aryl methyl sites for hydroxylation is 1. The number of nitriles is 1. The van der Waals surface area contributed by atoms with E-state index < -0.39 is 0 Å². The molecule has 0 fully saturated rings. The van der Waals surface area contributed by atoms with Gasteiger partial charge in [-0.3, -0.25) is 4.98 Å². The Hall–Kier alpha value is -2.58. The van der Waals surface area contributed by atoms with Gasteiger partial charge in [0, 0.05) is 18.0 Å². The van der Waals surface area contributed by atoms with Gasteiger partial charge in [0.05, 0.1) is 10.6 Å². The number of furan rings is 1. The maximum Gasteiger partial charge on any atom is 0.144 e. The van der Waals surface area contributed by atoms with Crippen LogP contribution < -0.4 is 5.73 Å². The maximum atomic E-state index is 9.19. The highest BCUT2D eigenvalue weighted by molar-refractivity contribution is 7.17. The second kappa shape index (κ2) is 4.83. The fourth-order valence-corrected chi connectivity index (χ4v) is 3.06. The van der Waals surface area contributed by atoms with Gasteiger partial charge in [0.1, 0.15) is 22.5 Å². The number of hydrogen-bond donors (Lipinski definition) is 1. The number of nitrogens with two attached hydrogens (primary N) is 1. The van der Waals surface area contributed by atoms with Crippen LogP contribution in [-0.2, 0) is 0 Å². The lowest BCUT2D eigenvalue weighted by Crippen LogP contribution is -1.89. The third kappa shape index (κ3) is 1.96. The SMILES string of the molecule is Cc1ccc(-c2sc(C#N)c(N)c2-c2ccncc2)o1. The highest BCUT2D eigenvalue weighted by atomic mass is 32.1. The molecule has 3 heterocycles. The van der Waals surface area contributed by atoms with Crippen LogP contribution in [0.25, 0.3) is 21.8 Å². The van der Waals surface area contributed by atoms with E-state index >= 15 is 0 Å². The zero-order chi connectivity index (χ0) is 14.1. The second-order valence-corrected chi connectivity index (χ2v) is 5.33. The van der Waals surface area contributed by atoms with Crippen molar-refractivity contribution in [1.29, 1.82) is 5.26 Å². The van der Waals surface area contributed by atoms with E-state index in [4.69, 9.17) is 10.2 Å². The molecule has 2 N–H and O–H groups in total. The topological polar surface area (TPSA) is 75.8 Å². The van der Waals surface area contributed by atoms with Crippen molar-refractivity contribution in [2.24, 2.45) is 0 Å². The Morgan fingerprint density at radius 3 is 2.60 bits per heavy atom. The van der Waals surface area contributed by atoms with E-state index in [0.29, 0.717) is 10.6 Å². The molecular formula is C15H11N3OS. The summed E-state index contributed by atoms with van der Waals surface area (Å²) in [5.41, 5.74) is 8.38. The van der Waals surface area contributed by atoms with Crippen LogP contribution in [0, 0.1) is 18.3 Å². The predicted octanol–water partition coefficient (Wildman–Crippen LogP) is 3.83. The van der Waals surface area contributed by atoms with Crippen LogP contribution in [0.2, 0.25) is 0 Å². The molecule has 0 atom stereocenters. The van der Waals surface area contributed by atoms with E-state index in [9.17, 15) is 5.26 Å². The fraction of sp³-hybridized carbons (Fsp3) is 0.0667. The van der Waals surface area contributed by atoms with E-state index in [1.165, 1.54) is 11.3 Å². The van der Waals surface area contributed by atoms with Crippen LogP contribution >= 0.6 is 11.3 Å². The number of rotatable bonds is 2. The van der Waals surface area contributed by atoms with Crippen molar-refractivity contribution >= 4 is 17.0 Å². The number of hydrogen-bond acceptors (Lipinski definition) is 5. The Morgan fingerprint density at radius 1 is 1.25 bits per heavy atom. The first-order valence-electron chi connectivity index (χ1n) is 6.00. The third-order valence-corrected chi connectivity index (χ3v) is 4.10. The van der Waals surface area contributed by atoms with E-state index in [1.54, 1.807) is 12.4 Å². The molecule has 0 bridgehead atoms. The maximum absolute atomic E-state index is 9.19. The van der Waals surface area contributed by atoms with E-state index in [2.05, 4.69) is 11.1 Å². The van der Waals surface area contributed by atoms with Gasteiger partial charge in [-0.15, -0.1) is 11.3 Å². The summed E-state index contributed by atoms with van der Waals surface area (Å²) in [6, 6.07) is 9.68. The molecule has 0 saturated carbocycles. The van der Waals surface area contributed by atoms with Gasteiger partial charge in [0.15, 0.2) is 0 Å². The molecule has 0 amide bonds. The first-order valence-corrected chi connectivity index (χ1v) is 6.82. The average Bonchev–Trinajstić information content (AvgIpc) is 3.03. The van der Waals surface area contributed by atoms with Gasteiger partial charge in [-0.05, 0) is 36.8 Å². The van der Waals surface area contributed by atoms with Gasteiger partial charge in [0.25, 0.3) is 0 Å². The largest absolute Gasteiger partial charge is 0.461 e. The van der Waals surface area contributed by atoms with Crippen molar-refractivity contribution in [3.05, 3.63) is 47.3 Å². The summed E-state index contributed by atoms with van der Waals surface area (Å²) in [6.07, 6.45) is 3.41. The Kier molecular flexibility index (Phi) is 3.01. The first-order chi connectivity index (χ1) is 9.70. The summed E-state index contributed by atoms with van der Waals surface area (Å²) >= 11 is 1.35. The zero-order valence-corrected chi connectivity index (χ0v) is 11.6. The highest BCUT2D eigenvalue weighted by Gasteiger charge is 2.20. The molecule has 0 unspecified atom stereocenters. The molecule has 20 heavy (non-hydrogen) atoms. The average molecular weight is 281 g/mol. The Balaban J connectivity index is 2.28. The summed E-state index contributed by atoms with van der Waals surface area (Å²) in [5.74, 6) is 1.55. The molecule has 3 aromatic heterocycles. The van der Waals surface area contributed by atoms with Crippen molar-refractivity contribution < 1.29 is 4.42 Å². The van der Waals surface area contributed by atoms with Gasteiger partial charge in [-0.25, -0.2) is 0 Å². The molecule has 0 aliphatic carbocycles. The Bertz CT molecular complexity index is 796. The summed E-state index contributed by atoms with van der Waals surface area (Å²) in [4.78, 5) is 5.38. The lowest BCUT2D eigenvalue weighted by molar-refractivity contribution is 0.550. The van der Waals surface area contributed by atoms with Crippen LogP contribution in [0.5, 0.6) is 0 Å². The Morgan fingerprint density at radius 2 is 2.00 bits per heavy atom. The minimum atomic E-state index is 0.493. The normalized spacial score (nSPS) is 10.4. The number of thiophene rings is 1. The van der Waals surface area contributed by atoms with Crippen LogP contribution in [0.15, 0.2) is 41.1 Å². The van der Waals surface area contributed by atoms with Crippen molar-refractivity contribution in [3.8, 4) is 27.8 Å². The number of anilines is 1. The van der Waals surface area contributed by atoms with E-state index in [-0.39, 0.29) is 0 Å². The highest BCUT2D eigenvalue weighted by Crippen LogP contribution is 2.44. The summed E-state index contributed by atoms with van der Waals surface area (Å²) in [6.45, 7) is 1.89. The first kappa shape index (κ1) is 12.5. The molecule has 3 aromatic rings. The molecule has 0 saturated heterocycles. The standard InChI is InChI=1S/C15H11N3OS/c1-9-2-3-11(19-9)15-13(10-4-6-18-7-5-10)14(17)12(8-16)20-15/h2-7H,17H2,1H3. The van der Waals surface area contributed by atoms with Gasteiger partial charge >= 0.3 is 0 Å². The van der Waals surface area contributed by atoms with Crippen molar-refractivity contribution in [1.82, 2.24) is 4.98 Å². The minimum Gasteiger partial charge on any atom is -0.461 e. The number of nitrogen functional groups attached to an aromatic ring is 1. The molecule has 0 aliphatic heterocycles. The second-order valence-electron chi connectivity index (χ2n) is 4.31. The van der Waals surface area contributed by atoms with Crippen LogP contribution in [0.1, 0.15) is 10.6 Å². The van der Waals surface area contributed by atoms with Crippen molar-refractivity contribution in [2.45, 2.75) is 6.92 Å². The third-order valence-electron chi connectivity index (χ3n) is 2.98. The molecule has 0 radical (unpaired) electrons. The molecule has 5 heteroatoms. The van der Waals surface area contributed by atoms with Gasteiger partial charge in [0.2, 0.25) is 0 Å². The van der Waals surface area contributed by atoms with Gasteiger partial charge in [-0.1, -0.05) is 0 Å². The van der Waals surface area contributed by atoms with E-state index in [0.717, 1.165) is 27.5 Å². The summed E-state index contributed by atoms with van der Waals surface area (Å²) in [5, 5.41) is 9.19. The lowest BCUT2D eigenvalue weighted by Gasteiger charge is -2.03. The lowest BCUT2D eigenvalue weighted by atomic mass is 10.0. The van der Waals surface area contributed by atoms with Crippen LogP contribution in [0.3, 0.4) is 0 Å². The Labute approximate surface area is 120 Å². The smallest absolute Gasteiger partial charge is 0.144 e. The molecule has 98 valence electrons. The predicted molar refractivity (Wildman–Crippen MR) is 79.1 cm³/mol. The monoisotopic (exact) mass is 281 g/mol. The molecule has 3 rings (SSSR count). The van der Waals surface area contributed by atoms with Crippen LogP contribution in [-0.4, -0.2) is 4.98 Å². The molecule has 0 aromatic carbocycles. The number of nitrogens with zero attached hydrogens (tertiary/aromatic N) is 2. The minimum absolute atomic E-state index is 0.493. The molecule has 4 nitrogen and oxygen atoms in total. The molecular weight excluding hydrogens is 270 g/mol. The van der Waals surface area contributed by atoms with Crippen molar-refractivity contribution in [2.75, 3.05) is 5.73 Å². The van der Waals surface area contributed by atoms with Crippen LogP contribution in [0.4, 0.5) is 5.69 Å². The summed E-state index contributed by atoms with van der Waals surface area (Å²) < 4.78 is 5.67. The number of aromatic nitrogens is 1. The van der Waals surface area contributed by atoms with Gasteiger partial charge < -0.3 is 10.2 Å². The molecule has 0 spiro atoms. The quantitative estimate of drug-likeness (QED) is 0.774. The van der Waals surface area contributed by atoms with Crippen molar-refractivity contribution in [3.63, 3.8) is 0 Å². The fourth-order valence-electron chi connectivity index (χ4n) is 2.06. The molecule has 0 aliphatic rings. The zero-order valence-electron chi connectivity index (χ0n) is 10.8. The number of pyridine rings is 1. The van der Waals surface area contributed by atoms with Gasteiger partial charge in [-0.2, -0.15) is 5.26 Å². The van der Waals surface area contributed by atoms with E-state index in [1.807, 2.05) is 31.2 Å².